The Morgan fingerprint density at radius 1 is 0.903 bits per heavy atom. The molecule has 1 fully saturated rings. The van der Waals surface area contributed by atoms with Gasteiger partial charge in [-0.05, 0) is 35.7 Å². The lowest BCUT2D eigenvalue weighted by molar-refractivity contribution is -0.133. The Kier molecular flexibility index (Phi) is 9.16. The molecule has 0 bridgehead atoms. The van der Waals surface area contributed by atoms with Gasteiger partial charge in [0.25, 0.3) is 0 Å². The molecule has 1 aliphatic rings. The zero-order chi connectivity index (χ0) is 21.9. The number of hydrogen-bond acceptors (Lipinski definition) is 4. The van der Waals surface area contributed by atoms with E-state index < -0.39 is 0 Å². The number of carbonyl (C=O) groups is 2. The highest BCUT2D eigenvalue weighted by molar-refractivity contribution is 5.83. The van der Waals surface area contributed by atoms with E-state index in [1.165, 1.54) is 10.8 Å². The molecule has 2 aromatic rings. The van der Waals surface area contributed by atoms with E-state index in [4.69, 9.17) is 4.74 Å². The number of amides is 2. The number of rotatable bonds is 11. The van der Waals surface area contributed by atoms with Crippen LogP contribution in [-0.2, 0) is 9.59 Å². The first kappa shape index (κ1) is 23.1. The van der Waals surface area contributed by atoms with E-state index in [-0.39, 0.29) is 11.8 Å². The molecule has 1 saturated heterocycles. The van der Waals surface area contributed by atoms with Gasteiger partial charge in [-0.1, -0.05) is 43.2 Å². The number of ether oxygens (including phenoxy) is 1. The second kappa shape index (κ2) is 12.3. The highest BCUT2D eigenvalue weighted by atomic mass is 16.5. The molecule has 2 aromatic carbocycles. The van der Waals surface area contributed by atoms with Crippen molar-refractivity contribution in [3.63, 3.8) is 0 Å². The van der Waals surface area contributed by atoms with Crippen molar-refractivity contribution in [2.24, 2.45) is 0 Å². The fourth-order valence-corrected chi connectivity index (χ4v) is 3.97. The maximum Gasteiger partial charge on any atom is 0.222 e. The Bertz CT molecular complexity index is 847. The fourth-order valence-electron chi connectivity index (χ4n) is 3.97. The molecule has 1 heterocycles. The maximum absolute atomic E-state index is 12.4. The Balaban J connectivity index is 1.27. The molecule has 0 spiro atoms. The number of nitrogens with one attached hydrogen (secondary N) is 1. The number of nitrogens with zero attached hydrogens (tertiary/aromatic N) is 2. The number of fused-ring (bicyclic) bond motifs is 1. The normalized spacial score (nSPS) is 14.5. The summed E-state index contributed by atoms with van der Waals surface area (Å²) in [7, 11) is 1.67. The molecule has 31 heavy (non-hydrogen) atoms. The molecule has 3 rings (SSSR count). The lowest BCUT2D eigenvalue weighted by Gasteiger charge is -2.34. The number of hydrogen-bond donors (Lipinski definition) is 1. The zero-order valence-electron chi connectivity index (χ0n) is 18.6. The predicted molar refractivity (Wildman–Crippen MR) is 124 cm³/mol. The first-order chi connectivity index (χ1) is 15.2. The maximum atomic E-state index is 12.4. The molecule has 6 heteroatoms. The summed E-state index contributed by atoms with van der Waals surface area (Å²) < 4.78 is 5.95. The van der Waals surface area contributed by atoms with Crippen molar-refractivity contribution in [3.05, 3.63) is 42.5 Å². The van der Waals surface area contributed by atoms with Crippen LogP contribution in [0.1, 0.15) is 38.5 Å². The third kappa shape index (κ3) is 7.55. The topological polar surface area (TPSA) is 61.9 Å². The van der Waals surface area contributed by atoms with Gasteiger partial charge in [0.05, 0.1) is 0 Å². The van der Waals surface area contributed by atoms with Crippen LogP contribution in [0.15, 0.2) is 42.5 Å². The second-order valence-electron chi connectivity index (χ2n) is 8.17. The smallest absolute Gasteiger partial charge is 0.222 e. The standard InChI is InChI=1S/C25H35N3O3/c1-26-24(29)10-4-2-3-5-11-25(30)28-16-14-27(15-17-28)18-19-31-23-13-12-21-8-6-7-9-22(21)20-23/h6-9,12-13,20H,2-5,10-11,14-19H2,1H3,(H,26,29). The molecular formula is C25H35N3O3. The Morgan fingerprint density at radius 3 is 2.35 bits per heavy atom. The minimum absolute atomic E-state index is 0.0941. The minimum Gasteiger partial charge on any atom is -0.492 e. The van der Waals surface area contributed by atoms with Gasteiger partial charge in [0.1, 0.15) is 12.4 Å². The quantitative estimate of drug-likeness (QED) is 0.560. The monoisotopic (exact) mass is 425 g/mol. The van der Waals surface area contributed by atoms with E-state index in [2.05, 4.69) is 34.5 Å². The Morgan fingerprint density at radius 2 is 1.61 bits per heavy atom. The van der Waals surface area contributed by atoms with Crippen molar-refractivity contribution in [2.45, 2.75) is 38.5 Å². The largest absolute Gasteiger partial charge is 0.492 e. The molecular weight excluding hydrogens is 390 g/mol. The summed E-state index contributed by atoms with van der Waals surface area (Å²) in [6.07, 6.45) is 5.02. The molecule has 0 aromatic heterocycles. The lowest BCUT2D eigenvalue weighted by Crippen LogP contribution is -2.49. The number of piperazine rings is 1. The zero-order valence-corrected chi connectivity index (χ0v) is 18.6. The van der Waals surface area contributed by atoms with E-state index in [0.717, 1.165) is 64.2 Å². The van der Waals surface area contributed by atoms with Gasteiger partial charge in [0, 0.05) is 52.6 Å². The summed E-state index contributed by atoms with van der Waals surface area (Å²) in [4.78, 5) is 28.0. The van der Waals surface area contributed by atoms with Gasteiger partial charge in [-0.2, -0.15) is 0 Å². The van der Waals surface area contributed by atoms with Crippen LogP contribution in [0.5, 0.6) is 5.75 Å². The number of benzene rings is 2. The van der Waals surface area contributed by atoms with Gasteiger partial charge in [0.2, 0.25) is 11.8 Å². The van der Waals surface area contributed by atoms with Gasteiger partial charge in [0.15, 0.2) is 0 Å². The molecule has 0 unspecified atom stereocenters. The van der Waals surface area contributed by atoms with Crippen molar-refractivity contribution in [3.8, 4) is 5.75 Å². The van der Waals surface area contributed by atoms with Crippen LogP contribution in [0.25, 0.3) is 10.8 Å². The lowest BCUT2D eigenvalue weighted by atomic mass is 10.1. The predicted octanol–water partition coefficient (Wildman–Crippen LogP) is 3.45. The van der Waals surface area contributed by atoms with E-state index in [0.29, 0.717) is 19.4 Å². The van der Waals surface area contributed by atoms with Crippen LogP contribution < -0.4 is 10.1 Å². The number of carbonyl (C=O) groups excluding carboxylic acids is 2. The van der Waals surface area contributed by atoms with Gasteiger partial charge >= 0.3 is 0 Å². The van der Waals surface area contributed by atoms with E-state index >= 15 is 0 Å². The van der Waals surface area contributed by atoms with Crippen LogP contribution in [-0.4, -0.2) is 68.0 Å². The minimum atomic E-state index is 0.0941. The molecule has 1 N–H and O–H groups in total. The highest BCUT2D eigenvalue weighted by Crippen LogP contribution is 2.20. The van der Waals surface area contributed by atoms with Gasteiger partial charge < -0.3 is 15.0 Å². The van der Waals surface area contributed by atoms with Gasteiger partial charge in [-0.15, -0.1) is 0 Å². The summed E-state index contributed by atoms with van der Waals surface area (Å²) in [5.74, 6) is 1.26. The molecule has 0 aliphatic carbocycles. The third-order valence-corrected chi connectivity index (χ3v) is 5.95. The summed E-state index contributed by atoms with van der Waals surface area (Å²) in [5.41, 5.74) is 0. The Labute approximate surface area is 185 Å². The summed E-state index contributed by atoms with van der Waals surface area (Å²) in [6.45, 7) is 4.93. The molecule has 0 atom stereocenters. The van der Waals surface area contributed by atoms with Crippen LogP contribution >= 0.6 is 0 Å². The fraction of sp³-hybridized carbons (Fsp3) is 0.520. The third-order valence-electron chi connectivity index (χ3n) is 5.95. The molecule has 0 saturated carbocycles. The average Bonchev–Trinajstić information content (AvgIpc) is 2.81. The average molecular weight is 426 g/mol. The summed E-state index contributed by atoms with van der Waals surface area (Å²) in [6, 6.07) is 14.5. The molecule has 168 valence electrons. The second-order valence-corrected chi connectivity index (χ2v) is 8.17. The number of unbranched alkanes of at least 4 members (excludes halogenated alkanes) is 3. The van der Waals surface area contributed by atoms with E-state index in [9.17, 15) is 9.59 Å². The van der Waals surface area contributed by atoms with Crippen LogP contribution in [0, 0.1) is 0 Å². The van der Waals surface area contributed by atoms with Crippen LogP contribution in [0.2, 0.25) is 0 Å². The van der Waals surface area contributed by atoms with Gasteiger partial charge in [-0.3, -0.25) is 14.5 Å². The summed E-state index contributed by atoms with van der Waals surface area (Å²) in [5, 5.41) is 5.05. The van der Waals surface area contributed by atoms with Crippen molar-refractivity contribution >= 4 is 22.6 Å². The van der Waals surface area contributed by atoms with Crippen molar-refractivity contribution < 1.29 is 14.3 Å². The van der Waals surface area contributed by atoms with Crippen LogP contribution in [0.4, 0.5) is 0 Å². The summed E-state index contributed by atoms with van der Waals surface area (Å²) >= 11 is 0. The van der Waals surface area contributed by atoms with Crippen molar-refractivity contribution in [1.82, 2.24) is 15.1 Å². The van der Waals surface area contributed by atoms with Crippen molar-refractivity contribution in [1.29, 1.82) is 0 Å². The van der Waals surface area contributed by atoms with Crippen molar-refractivity contribution in [2.75, 3.05) is 46.4 Å². The Hall–Kier alpha value is -2.60. The van der Waals surface area contributed by atoms with Gasteiger partial charge in [-0.25, -0.2) is 0 Å². The molecule has 6 nitrogen and oxygen atoms in total. The highest BCUT2D eigenvalue weighted by Gasteiger charge is 2.20. The van der Waals surface area contributed by atoms with E-state index in [1.54, 1.807) is 7.05 Å². The molecule has 0 radical (unpaired) electrons. The van der Waals surface area contributed by atoms with E-state index in [1.807, 2.05) is 23.1 Å². The first-order valence-electron chi connectivity index (χ1n) is 11.5. The SMILES string of the molecule is CNC(=O)CCCCCCC(=O)N1CCN(CCOc2ccc3ccccc3c2)CC1. The van der Waals surface area contributed by atoms with Crippen LogP contribution in [0.3, 0.4) is 0 Å². The molecule has 2 amide bonds. The molecule has 1 aliphatic heterocycles. The first-order valence-corrected chi connectivity index (χ1v) is 11.5.